The van der Waals surface area contributed by atoms with E-state index in [0.717, 1.165) is 34.1 Å². The lowest BCUT2D eigenvalue weighted by Crippen LogP contribution is -2.10. The Hall–Kier alpha value is -8.46. The smallest absolute Gasteiger partial charge is 0.0468 e. The van der Waals surface area contributed by atoms with Crippen LogP contribution in [0.5, 0.6) is 0 Å². The molecule has 2 nitrogen and oxygen atoms in total. The molecule has 0 aromatic heterocycles. The Morgan fingerprint density at radius 3 is 1.12 bits per heavy atom. The summed E-state index contributed by atoms with van der Waals surface area (Å²) in [6.07, 6.45) is 0. The van der Waals surface area contributed by atoms with Gasteiger partial charge in [-0.25, -0.2) is 0 Å². The Morgan fingerprint density at radius 2 is 0.609 bits per heavy atom. The van der Waals surface area contributed by atoms with Crippen LogP contribution in [0.15, 0.2) is 255 Å². The molecule has 12 aromatic rings. The highest BCUT2D eigenvalue weighted by Crippen LogP contribution is 2.50. The summed E-state index contributed by atoms with van der Waals surface area (Å²) in [7, 11) is 0. The van der Waals surface area contributed by atoms with Crippen LogP contribution in [0.2, 0.25) is 0 Å². The van der Waals surface area contributed by atoms with E-state index < -0.39 is 0 Å². The normalized spacial score (nSPS) is 11.4. The Morgan fingerprint density at radius 1 is 0.203 bits per heavy atom. The zero-order chi connectivity index (χ0) is 42.4. The molecule has 12 rings (SSSR count). The van der Waals surface area contributed by atoms with E-state index in [9.17, 15) is 0 Å². The molecule has 0 saturated heterocycles. The summed E-state index contributed by atoms with van der Waals surface area (Å²) in [5.74, 6) is 0. The van der Waals surface area contributed by atoms with Crippen molar-refractivity contribution < 1.29 is 0 Å². The highest BCUT2D eigenvalue weighted by Gasteiger charge is 2.23. The predicted molar refractivity (Wildman–Crippen MR) is 274 cm³/mol. The molecule has 0 aliphatic heterocycles. The summed E-state index contributed by atoms with van der Waals surface area (Å²) < 4.78 is 0. The molecule has 0 aliphatic carbocycles. The number of hydrogen-bond acceptors (Lipinski definition) is 2. The Balaban J connectivity index is 1.24. The van der Waals surface area contributed by atoms with Crippen LogP contribution < -0.4 is 9.80 Å². The highest BCUT2D eigenvalue weighted by atomic mass is 15.1. The summed E-state index contributed by atoms with van der Waals surface area (Å²) >= 11 is 0. The molecule has 0 radical (unpaired) electrons. The molecular formula is C62H42N2. The number of nitrogens with zero attached hydrogens (tertiary/aromatic N) is 2. The number of benzene rings is 12. The first-order valence-corrected chi connectivity index (χ1v) is 22.0. The van der Waals surface area contributed by atoms with Crippen molar-refractivity contribution in [1.29, 1.82) is 0 Å². The van der Waals surface area contributed by atoms with Gasteiger partial charge in [0.2, 0.25) is 0 Å². The number of para-hydroxylation sites is 4. The van der Waals surface area contributed by atoms with Crippen LogP contribution in [0.4, 0.5) is 34.1 Å². The van der Waals surface area contributed by atoms with Crippen LogP contribution in [-0.4, -0.2) is 0 Å². The van der Waals surface area contributed by atoms with Crippen molar-refractivity contribution in [2.75, 3.05) is 9.80 Å². The third-order valence-electron chi connectivity index (χ3n) is 12.7. The molecule has 0 N–H and O–H groups in total. The maximum absolute atomic E-state index is 2.45. The number of anilines is 6. The molecule has 0 spiro atoms. The Labute approximate surface area is 373 Å². The zero-order valence-electron chi connectivity index (χ0n) is 35.1. The minimum atomic E-state index is 1.09. The standard InChI is InChI=1S/C62H42N2/c1-6-20-43(21-7-1)61-55-36-34-52(64(49-28-12-4-13-29-49)50-30-14-5-15-31-50)42-60(55)62(58-40-46-38-44-22-16-17-23-45(44)39-57(46)53-32-18-19-33-54(53)58)56-37-35-51(41-59(56)61)63(47-24-8-2-9-25-47)48-26-10-3-11-27-48/h1-42H. The van der Waals surface area contributed by atoms with E-state index in [4.69, 9.17) is 0 Å². The molecule has 0 fully saturated rings. The molecular weight excluding hydrogens is 773 g/mol. The van der Waals surface area contributed by atoms with Gasteiger partial charge in [0.15, 0.2) is 0 Å². The molecule has 0 bridgehead atoms. The van der Waals surface area contributed by atoms with Crippen LogP contribution in [0.1, 0.15) is 0 Å². The second-order valence-corrected chi connectivity index (χ2v) is 16.5. The van der Waals surface area contributed by atoms with Crippen molar-refractivity contribution in [2.24, 2.45) is 0 Å². The average Bonchev–Trinajstić information content (AvgIpc) is 3.36. The zero-order valence-corrected chi connectivity index (χ0v) is 35.1. The van der Waals surface area contributed by atoms with Crippen LogP contribution in [0, 0.1) is 0 Å². The van der Waals surface area contributed by atoms with Gasteiger partial charge in [-0.05, 0) is 167 Å². The van der Waals surface area contributed by atoms with Crippen molar-refractivity contribution >= 4 is 88.0 Å². The summed E-state index contributed by atoms with van der Waals surface area (Å²) in [5.41, 5.74) is 11.4. The van der Waals surface area contributed by atoms with Gasteiger partial charge >= 0.3 is 0 Å². The lowest BCUT2D eigenvalue weighted by atomic mass is 9.83. The molecule has 0 heterocycles. The molecule has 0 atom stereocenters. The molecule has 12 aromatic carbocycles. The molecule has 64 heavy (non-hydrogen) atoms. The lowest BCUT2D eigenvalue weighted by molar-refractivity contribution is 1.29. The van der Waals surface area contributed by atoms with Crippen molar-refractivity contribution in [2.45, 2.75) is 0 Å². The fraction of sp³-hybridized carbons (Fsp3) is 0. The molecule has 0 amide bonds. The first-order chi connectivity index (χ1) is 31.8. The number of hydrogen-bond donors (Lipinski definition) is 0. The van der Waals surface area contributed by atoms with E-state index in [1.165, 1.54) is 76.1 Å². The molecule has 0 aliphatic rings. The van der Waals surface area contributed by atoms with Gasteiger partial charge in [0.1, 0.15) is 0 Å². The van der Waals surface area contributed by atoms with Gasteiger partial charge in [0, 0.05) is 34.1 Å². The van der Waals surface area contributed by atoms with Crippen molar-refractivity contribution in [3.63, 3.8) is 0 Å². The topological polar surface area (TPSA) is 6.48 Å². The van der Waals surface area contributed by atoms with Gasteiger partial charge in [0.05, 0.1) is 0 Å². The molecule has 0 unspecified atom stereocenters. The van der Waals surface area contributed by atoms with Crippen LogP contribution in [0.25, 0.3) is 76.1 Å². The van der Waals surface area contributed by atoms with Crippen molar-refractivity contribution in [3.05, 3.63) is 255 Å². The van der Waals surface area contributed by atoms with E-state index >= 15 is 0 Å². The first-order valence-electron chi connectivity index (χ1n) is 22.0. The average molecular weight is 815 g/mol. The van der Waals surface area contributed by atoms with E-state index in [1.54, 1.807) is 0 Å². The van der Waals surface area contributed by atoms with Gasteiger partial charge in [-0.1, -0.05) is 164 Å². The maximum Gasteiger partial charge on any atom is 0.0468 e. The molecule has 0 saturated carbocycles. The fourth-order valence-electron chi connectivity index (χ4n) is 9.89. The summed E-state index contributed by atoms with van der Waals surface area (Å²) in [5, 5.41) is 12.2. The van der Waals surface area contributed by atoms with Crippen LogP contribution in [-0.2, 0) is 0 Å². The summed E-state index contributed by atoms with van der Waals surface area (Å²) in [6, 6.07) is 92.9. The Bertz CT molecular complexity index is 3570. The Kier molecular flexibility index (Phi) is 9.20. The van der Waals surface area contributed by atoms with Gasteiger partial charge in [0.25, 0.3) is 0 Å². The van der Waals surface area contributed by atoms with Gasteiger partial charge < -0.3 is 9.80 Å². The SMILES string of the molecule is c1ccc(-c2c3cc(N(c4ccccc4)c4ccccc4)ccc3c(-c3cc4cc5ccccc5cc4c4ccccc34)c3cc(N(c4ccccc4)c4ccccc4)ccc23)cc1. The maximum atomic E-state index is 2.45. The second-order valence-electron chi connectivity index (χ2n) is 16.5. The van der Waals surface area contributed by atoms with Crippen molar-refractivity contribution in [1.82, 2.24) is 0 Å². The highest BCUT2D eigenvalue weighted by molar-refractivity contribution is 6.27. The monoisotopic (exact) mass is 814 g/mol. The minimum Gasteiger partial charge on any atom is -0.310 e. The third kappa shape index (κ3) is 6.44. The minimum absolute atomic E-state index is 1.09. The van der Waals surface area contributed by atoms with Gasteiger partial charge in [-0.3, -0.25) is 0 Å². The van der Waals surface area contributed by atoms with Crippen LogP contribution in [0.3, 0.4) is 0 Å². The lowest BCUT2D eigenvalue weighted by Gasteiger charge is -2.28. The number of fused-ring (bicyclic) bond motifs is 6. The van der Waals surface area contributed by atoms with E-state index in [0.29, 0.717) is 0 Å². The summed E-state index contributed by atoms with van der Waals surface area (Å²) in [4.78, 5) is 4.75. The van der Waals surface area contributed by atoms with Gasteiger partial charge in [-0.15, -0.1) is 0 Å². The van der Waals surface area contributed by atoms with Crippen LogP contribution >= 0.6 is 0 Å². The third-order valence-corrected chi connectivity index (χ3v) is 12.7. The van der Waals surface area contributed by atoms with E-state index in [1.807, 2.05) is 0 Å². The first kappa shape index (κ1) is 37.3. The largest absolute Gasteiger partial charge is 0.310 e. The van der Waals surface area contributed by atoms with Gasteiger partial charge in [-0.2, -0.15) is 0 Å². The van der Waals surface area contributed by atoms with Crippen molar-refractivity contribution in [3.8, 4) is 22.3 Å². The predicted octanol–water partition coefficient (Wildman–Crippen LogP) is 17.7. The quantitative estimate of drug-likeness (QED) is 0.111. The molecule has 300 valence electrons. The fourth-order valence-corrected chi connectivity index (χ4v) is 9.89. The summed E-state index contributed by atoms with van der Waals surface area (Å²) in [6.45, 7) is 0. The van der Waals surface area contributed by atoms with E-state index in [-0.39, 0.29) is 0 Å². The molecule has 2 heteroatoms. The number of rotatable bonds is 8. The second kappa shape index (κ2) is 15.8. The van der Waals surface area contributed by atoms with E-state index in [2.05, 4.69) is 265 Å².